The lowest BCUT2D eigenvalue weighted by Crippen LogP contribution is -2.15. The highest BCUT2D eigenvalue weighted by molar-refractivity contribution is 8.04. The van der Waals surface area contributed by atoms with Gasteiger partial charge in [0.2, 0.25) is 0 Å². The Morgan fingerprint density at radius 2 is 2.33 bits per heavy atom. The van der Waals surface area contributed by atoms with Crippen LogP contribution in [0.3, 0.4) is 0 Å². The summed E-state index contributed by atoms with van der Waals surface area (Å²) in [5, 5.41) is 15.0. The Labute approximate surface area is 76.4 Å². The molecule has 0 aliphatic heterocycles. The first-order valence-corrected chi connectivity index (χ1v) is 4.47. The quantitative estimate of drug-likeness (QED) is 0.394. The summed E-state index contributed by atoms with van der Waals surface area (Å²) in [4.78, 5) is 4.34. The van der Waals surface area contributed by atoms with Gasteiger partial charge in [0, 0.05) is 12.7 Å². The van der Waals surface area contributed by atoms with E-state index in [9.17, 15) is 0 Å². The fourth-order valence-electron chi connectivity index (χ4n) is 0.433. The minimum Gasteiger partial charge on any atom is -0.392 e. The van der Waals surface area contributed by atoms with Crippen molar-refractivity contribution in [2.24, 2.45) is 5.90 Å². The van der Waals surface area contributed by atoms with E-state index in [2.05, 4.69) is 10.2 Å². The average Bonchev–Trinajstić information content (AvgIpc) is 2.10. The zero-order valence-corrected chi connectivity index (χ0v) is 7.59. The van der Waals surface area contributed by atoms with Crippen molar-refractivity contribution in [2.75, 3.05) is 19.8 Å². The third kappa shape index (κ3) is 9.51. The number of aliphatic hydroxyl groups is 1. The van der Waals surface area contributed by atoms with Gasteiger partial charge in [0.25, 0.3) is 0 Å². The zero-order valence-electron chi connectivity index (χ0n) is 6.77. The maximum absolute atomic E-state index is 8.37. The van der Waals surface area contributed by atoms with Crippen molar-refractivity contribution in [3.63, 3.8) is 0 Å². The van der Waals surface area contributed by atoms with Gasteiger partial charge in [-0.2, -0.15) is 0 Å². The Balaban J connectivity index is 3.08. The zero-order chi connectivity index (χ0) is 9.07. The van der Waals surface area contributed by atoms with Gasteiger partial charge in [0.15, 0.2) is 0 Å². The monoisotopic (exact) mass is 190 g/mol. The highest BCUT2D eigenvalue weighted by Crippen LogP contribution is 2.01. The lowest BCUT2D eigenvalue weighted by atomic mass is 10.7. The first kappa shape index (κ1) is 11.5. The molecule has 0 spiro atoms. The Kier molecular flexibility index (Phi) is 10.1. The summed E-state index contributed by atoms with van der Waals surface area (Å²) in [6.45, 7) is 1.26. The molecule has 0 fully saturated rings. The standard InChI is InChI=1S/C7H14N2O2S/c8-11-5-2-9-3-7-12-6-1-4-10/h1,3,6-7,9-10H,2,4-5,8H2. The fraction of sp³-hybridized carbons (Fsp3) is 0.429. The SMILES string of the molecule is NOCCNC=CSC=CCO. The van der Waals surface area contributed by atoms with Crippen LogP contribution in [0.4, 0.5) is 0 Å². The Morgan fingerprint density at radius 1 is 1.50 bits per heavy atom. The maximum Gasteiger partial charge on any atom is 0.0851 e. The van der Waals surface area contributed by atoms with Gasteiger partial charge in [-0.05, 0) is 10.8 Å². The second-order valence-electron chi connectivity index (χ2n) is 1.82. The van der Waals surface area contributed by atoms with Gasteiger partial charge in [-0.25, -0.2) is 5.90 Å². The van der Waals surface area contributed by atoms with Crippen molar-refractivity contribution in [1.29, 1.82) is 0 Å². The molecule has 0 aromatic heterocycles. The lowest BCUT2D eigenvalue weighted by molar-refractivity contribution is 0.142. The molecule has 0 aromatic rings. The molecule has 0 amide bonds. The van der Waals surface area contributed by atoms with Crippen molar-refractivity contribution in [3.8, 4) is 0 Å². The van der Waals surface area contributed by atoms with Gasteiger partial charge in [0.05, 0.1) is 13.2 Å². The molecule has 0 aliphatic carbocycles. The van der Waals surface area contributed by atoms with Crippen molar-refractivity contribution < 1.29 is 9.94 Å². The van der Waals surface area contributed by atoms with E-state index in [1.54, 1.807) is 17.7 Å². The third-order valence-electron chi connectivity index (χ3n) is 0.909. The lowest BCUT2D eigenvalue weighted by Gasteiger charge is -1.96. The summed E-state index contributed by atoms with van der Waals surface area (Å²) in [6, 6.07) is 0. The first-order chi connectivity index (χ1) is 5.91. The largest absolute Gasteiger partial charge is 0.392 e. The molecule has 0 bridgehead atoms. The molecule has 0 unspecified atom stereocenters. The first-order valence-electron chi connectivity index (χ1n) is 3.53. The van der Waals surface area contributed by atoms with Crippen molar-refractivity contribution in [1.82, 2.24) is 5.32 Å². The Morgan fingerprint density at radius 3 is 3.00 bits per heavy atom. The third-order valence-corrected chi connectivity index (χ3v) is 1.55. The fourth-order valence-corrected chi connectivity index (χ4v) is 0.895. The molecule has 4 nitrogen and oxygen atoms in total. The molecule has 0 aliphatic rings. The van der Waals surface area contributed by atoms with E-state index in [0.29, 0.717) is 13.2 Å². The summed E-state index contributed by atoms with van der Waals surface area (Å²) >= 11 is 1.48. The highest BCUT2D eigenvalue weighted by atomic mass is 32.2. The van der Waals surface area contributed by atoms with Crippen LogP contribution in [0.1, 0.15) is 0 Å². The van der Waals surface area contributed by atoms with Gasteiger partial charge >= 0.3 is 0 Å². The van der Waals surface area contributed by atoms with Crippen molar-refractivity contribution in [2.45, 2.75) is 0 Å². The van der Waals surface area contributed by atoms with Gasteiger partial charge in [-0.15, -0.1) is 11.8 Å². The van der Waals surface area contributed by atoms with E-state index in [-0.39, 0.29) is 6.61 Å². The van der Waals surface area contributed by atoms with E-state index in [1.807, 2.05) is 5.41 Å². The predicted octanol–water partition coefficient (Wildman–Crippen LogP) is 0.177. The number of thioether (sulfide) groups is 1. The van der Waals surface area contributed by atoms with Crippen LogP contribution < -0.4 is 11.2 Å². The van der Waals surface area contributed by atoms with Gasteiger partial charge in [0.1, 0.15) is 0 Å². The number of aliphatic hydroxyl groups excluding tert-OH is 1. The molecule has 0 radical (unpaired) electrons. The molecule has 70 valence electrons. The van der Waals surface area contributed by atoms with Crippen LogP contribution in [0.25, 0.3) is 0 Å². The molecule has 0 aromatic carbocycles. The van der Waals surface area contributed by atoms with Gasteiger partial charge in [-0.1, -0.05) is 6.08 Å². The molecular formula is C7H14N2O2S. The predicted molar refractivity (Wildman–Crippen MR) is 51.1 cm³/mol. The molecule has 0 atom stereocenters. The van der Waals surface area contributed by atoms with Crippen LogP contribution in [-0.4, -0.2) is 24.9 Å². The number of rotatable bonds is 7. The van der Waals surface area contributed by atoms with Crippen LogP contribution in [0.2, 0.25) is 0 Å². The summed E-state index contributed by atoms with van der Waals surface area (Å²) < 4.78 is 0. The summed E-state index contributed by atoms with van der Waals surface area (Å²) in [5.41, 5.74) is 0. The van der Waals surface area contributed by atoms with Gasteiger partial charge < -0.3 is 15.3 Å². The van der Waals surface area contributed by atoms with Crippen LogP contribution >= 0.6 is 11.8 Å². The topological polar surface area (TPSA) is 67.5 Å². The van der Waals surface area contributed by atoms with Crippen LogP contribution in [0, 0.1) is 0 Å². The Hall–Kier alpha value is -0.490. The van der Waals surface area contributed by atoms with Crippen molar-refractivity contribution in [3.05, 3.63) is 23.1 Å². The van der Waals surface area contributed by atoms with Crippen molar-refractivity contribution >= 4 is 11.8 Å². The molecule has 4 N–H and O–H groups in total. The number of hydrogen-bond acceptors (Lipinski definition) is 5. The summed E-state index contributed by atoms with van der Waals surface area (Å²) in [6.07, 6.45) is 3.46. The normalized spacial score (nSPS) is 11.5. The summed E-state index contributed by atoms with van der Waals surface area (Å²) in [5.74, 6) is 4.80. The molecule has 0 saturated heterocycles. The van der Waals surface area contributed by atoms with E-state index in [1.165, 1.54) is 11.8 Å². The second-order valence-corrected chi connectivity index (χ2v) is 2.63. The smallest absolute Gasteiger partial charge is 0.0851 e. The molecule has 0 heterocycles. The highest BCUT2D eigenvalue weighted by Gasteiger charge is 1.77. The van der Waals surface area contributed by atoms with Crippen LogP contribution in [0.15, 0.2) is 23.1 Å². The average molecular weight is 190 g/mol. The maximum atomic E-state index is 8.37. The molecule has 0 rings (SSSR count). The van der Waals surface area contributed by atoms with Gasteiger partial charge in [-0.3, -0.25) is 0 Å². The molecule has 12 heavy (non-hydrogen) atoms. The number of nitrogens with one attached hydrogen (secondary N) is 1. The number of hydrogen-bond donors (Lipinski definition) is 3. The van der Waals surface area contributed by atoms with E-state index < -0.39 is 0 Å². The second kappa shape index (κ2) is 10.5. The molecule has 5 heteroatoms. The van der Waals surface area contributed by atoms with Crippen LogP contribution in [0.5, 0.6) is 0 Å². The van der Waals surface area contributed by atoms with E-state index >= 15 is 0 Å². The minimum absolute atomic E-state index is 0.0787. The summed E-state index contributed by atoms with van der Waals surface area (Å²) in [7, 11) is 0. The van der Waals surface area contributed by atoms with Crippen LogP contribution in [-0.2, 0) is 4.84 Å². The Bertz CT molecular complexity index is 139. The van der Waals surface area contributed by atoms with E-state index in [0.717, 1.165) is 0 Å². The molecule has 0 saturated carbocycles. The minimum atomic E-state index is 0.0787. The molecular weight excluding hydrogens is 176 g/mol. The number of nitrogens with two attached hydrogens (primary N) is 1. The van der Waals surface area contributed by atoms with E-state index in [4.69, 9.17) is 11.0 Å².